The molecule has 0 radical (unpaired) electrons. The molecule has 1 N–H and O–H groups in total. The van der Waals surface area contributed by atoms with Crippen LogP contribution in [-0.4, -0.2) is 11.1 Å². The molecular formula is C12H11FN2O2. The van der Waals surface area contributed by atoms with Crippen molar-refractivity contribution in [1.29, 1.82) is 0 Å². The summed E-state index contributed by atoms with van der Waals surface area (Å²) in [6.07, 6.45) is 1.36. The zero-order valence-electron chi connectivity index (χ0n) is 9.24. The van der Waals surface area contributed by atoms with Gasteiger partial charge in [0.1, 0.15) is 18.0 Å². The van der Waals surface area contributed by atoms with Crippen molar-refractivity contribution in [3.63, 3.8) is 0 Å². The Morgan fingerprint density at radius 2 is 2.12 bits per heavy atom. The first-order chi connectivity index (χ1) is 8.20. The van der Waals surface area contributed by atoms with Crippen molar-refractivity contribution in [2.75, 3.05) is 5.32 Å². The number of anilines is 1. The maximum atomic E-state index is 12.3. The summed E-state index contributed by atoms with van der Waals surface area (Å²) in [7, 11) is 0. The number of nitrogens with one attached hydrogen (secondary N) is 1. The first-order valence-corrected chi connectivity index (χ1v) is 5.08. The zero-order chi connectivity index (χ0) is 12.3. The number of aryl methyl sites for hydroxylation is 1. The van der Waals surface area contributed by atoms with Crippen LogP contribution >= 0.6 is 0 Å². The van der Waals surface area contributed by atoms with E-state index in [0.717, 1.165) is 0 Å². The van der Waals surface area contributed by atoms with Crippen LogP contribution in [0.2, 0.25) is 0 Å². The molecule has 0 saturated heterocycles. The topological polar surface area (TPSA) is 55.1 Å². The lowest BCUT2D eigenvalue weighted by molar-refractivity contribution is 0.102. The molecule has 0 spiro atoms. The molecule has 0 aliphatic carbocycles. The summed E-state index contributed by atoms with van der Waals surface area (Å²) in [5, 5.41) is 6.20. The van der Waals surface area contributed by atoms with E-state index in [1.54, 1.807) is 31.2 Å². The molecule has 0 saturated carbocycles. The standard InChI is InChI=1S/C12H11FN2O2/c1-8-11(7-14-17-8)12(16)15-10-4-2-9(6-13)3-5-10/h2-5,7H,6H2,1H3,(H,15,16). The molecule has 0 aliphatic rings. The number of rotatable bonds is 3. The van der Waals surface area contributed by atoms with Crippen LogP contribution in [0.3, 0.4) is 0 Å². The summed E-state index contributed by atoms with van der Waals surface area (Å²) in [5.41, 5.74) is 1.57. The van der Waals surface area contributed by atoms with E-state index in [1.807, 2.05) is 0 Å². The van der Waals surface area contributed by atoms with Crippen LogP contribution in [0.1, 0.15) is 21.7 Å². The zero-order valence-corrected chi connectivity index (χ0v) is 9.24. The van der Waals surface area contributed by atoms with Crippen molar-refractivity contribution < 1.29 is 13.7 Å². The Kier molecular flexibility index (Phi) is 3.18. The first-order valence-electron chi connectivity index (χ1n) is 5.08. The van der Waals surface area contributed by atoms with Crippen LogP contribution in [0.15, 0.2) is 35.0 Å². The lowest BCUT2D eigenvalue weighted by atomic mass is 10.2. The average Bonchev–Trinajstić information content (AvgIpc) is 2.76. The Labute approximate surface area is 97.4 Å². The molecule has 88 valence electrons. The van der Waals surface area contributed by atoms with Crippen LogP contribution in [0.25, 0.3) is 0 Å². The lowest BCUT2D eigenvalue weighted by Gasteiger charge is -2.04. The Morgan fingerprint density at radius 3 is 2.65 bits per heavy atom. The molecule has 0 aliphatic heterocycles. The highest BCUT2D eigenvalue weighted by Crippen LogP contribution is 2.13. The second-order valence-electron chi connectivity index (χ2n) is 3.58. The highest BCUT2D eigenvalue weighted by atomic mass is 19.1. The molecule has 1 aromatic carbocycles. The highest BCUT2D eigenvalue weighted by molar-refractivity contribution is 6.04. The third-order valence-corrected chi connectivity index (χ3v) is 2.36. The number of amides is 1. The number of carbonyl (C=O) groups excluding carboxylic acids is 1. The van der Waals surface area contributed by atoms with Gasteiger partial charge in [-0.05, 0) is 24.6 Å². The number of aromatic nitrogens is 1. The third kappa shape index (κ3) is 2.50. The highest BCUT2D eigenvalue weighted by Gasteiger charge is 2.12. The second-order valence-corrected chi connectivity index (χ2v) is 3.58. The molecule has 1 amide bonds. The molecule has 1 heterocycles. The molecule has 0 unspecified atom stereocenters. The fraction of sp³-hybridized carbons (Fsp3) is 0.167. The summed E-state index contributed by atoms with van der Waals surface area (Å²) >= 11 is 0. The lowest BCUT2D eigenvalue weighted by Crippen LogP contribution is -2.12. The van der Waals surface area contributed by atoms with Crippen molar-refractivity contribution in [3.8, 4) is 0 Å². The largest absolute Gasteiger partial charge is 0.361 e. The maximum absolute atomic E-state index is 12.3. The fourth-order valence-electron chi connectivity index (χ4n) is 1.39. The number of carbonyl (C=O) groups is 1. The Morgan fingerprint density at radius 1 is 1.41 bits per heavy atom. The van der Waals surface area contributed by atoms with Gasteiger partial charge in [0.15, 0.2) is 0 Å². The van der Waals surface area contributed by atoms with Gasteiger partial charge in [0, 0.05) is 5.69 Å². The Bertz CT molecular complexity index is 520. The van der Waals surface area contributed by atoms with E-state index in [0.29, 0.717) is 22.6 Å². The Hall–Kier alpha value is -2.17. The quantitative estimate of drug-likeness (QED) is 0.888. The molecule has 2 rings (SSSR count). The van der Waals surface area contributed by atoms with Gasteiger partial charge >= 0.3 is 0 Å². The summed E-state index contributed by atoms with van der Waals surface area (Å²) in [5.74, 6) is 0.166. The van der Waals surface area contributed by atoms with Crippen LogP contribution in [0, 0.1) is 6.92 Å². The summed E-state index contributed by atoms with van der Waals surface area (Å²) in [6, 6.07) is 6.54. The van der Waals surface area contributed by atoms with Crippen LogP contribution in [-0.2, 0) is 6.67 Å². The van der Waals surface area contributed by atoms with Crippen molar-refractivity contribution in [2.24, 2.45) is 0 Å². The SMILES string of the molecule is Cc1oncc1C(=O)Nc1ccc(CF)cc1. The molecule has 0 atom stereocenters. The maximum Gasteiger partial charge on any atom is 0.260 e. The van der Waals surface area contributed by atoms with E-state index < -0.39 is 6.67 Å². The number of hydrogen-bond acceptors (Lipinski definition) is 3. The minimum absolute atomic E-state index is 0.295. The Balaban J connectivity index is 2.10. The minimum Gasteiger partial charge on any atom is -0.361 e. The van der Waals surface area contributed by atoms with Gasteiger partial charge in [-0.15, -0.1) is 0 Å². The van der Waals surface area contributed by atoms with Gasteiger partial charge in [-0.3, -0.25) is 4.79 Å². The molecule has 2 aromatic rings. The third-order valence-electron chi connectivity index (χ3n) is 2.36. The smallest absolute Gasteiger partial charge is 0.260 e. The molecule has 4 nitrogen and oxygen atoms in total. The van der Waals surface area contributed by atoms with Crippen molar-refractivity contribution in [1.82, 2.24) is 5.16 Å². The van der Waals surface area contributed by atoms with Gasteiger partial charge < -0.3 is 9.84 Å². The predicted octanol–water partition coefficient (Wildman–Crippen LogP) is 2.70. The normalized spacial score (nSPS) is 10.2. The van der Waals surface area contributed by atoms with Gasteiger partial charge in [0.2, 0.25) is 0 Å². The number of nitrogens with zero attached hydrogens (tertiary/aromatic N) is 1. The minimum atomic E-state index is -0.515. The van der Waals surface area contributed by atoms with Gasteiger partial charge in [-0.25, -0.2) is 4.39 Å². The van der Waals surface area contributed by atoms with Gasteiger partial charge in [0.05, 0.1) is 6.20 Å². The number of alkyl halides is 1. The molecule has 1 aromatic heterocycles. The van der Waals surface area contributed by atoms with Gasteiger partial charge in [-0.2, -0.15) is 0 Å². The molecule has 0 bridgehead atoms. The van der Waals surface area contributed by atoms with Crippen LogP contribution in [0.5, 0.6) is 0 Å². The molecule has 0 fully saturated rings. The van der Waals surface area contributed by atoms with Crippen LogP contribution in [0.4, 0.5) is 10.1 Å². The average molecular weight is 234 g/mol. The first kappa shape index (κ1) is 11.3. The molecule has 17 heavy (non-hydrogen) atoms. The van der Waals surface area contributed by atoms with Gasteiger partial charge in [0.25, 0.3) is 5.91 Å². The monoisotopic (exact) mass is 234 g/mol. The summed E-state index contributed by atoms with van der Waals surface area (Å²) in [6.45, 7) is 1.15. The molecular weight excluding hydrogens is 223 g/mol. The number of benzene rings is 1. The number of hydrogen-bond donors (Lipinski definition) is 1. The van der Waals surface area contributed by atoms with E-state index in [2.05, 4.69) is 10.5 Å². The number of halogens is 1. The van der Waals surface area contributed by atoms with E-state index >= 15 is 0 Å². The van der Waals surface area contributed by atoms with Crippen LogP contribution < -0.4 is 5.32 Å². The van der Waals surface area contributed by atoms with E-state index in [9.17, 15) is 9.18 Å². The van der Waals surface area contributed by atoms with Crippen molar-refractivity contribution >= 4 is 11.6 Å². The van der Waals surface area contributed by atoms with Crippen molar-refractivity contribution in [2.45, 2.75) is 13.6 Å². The summed E-state index contributed by atoms with van der Waals surface area (Å²) in [4.78, 5) is 11.8. The van der Waals surface area contributed by atoms with E-state index in [1.165, 1.54) is 6.20 Å². The van der Waals surface area contributed by atoms with Gasteiger partial charge in [-0.1, -0.05) is 17.3 Å². The second kappa shape index (κ2) is 4.78. The molecule has 5 heteroatoms. The van der Waals surface area contributed by atoms with E-state index in [-0.39, 0.29) is 5.91 Å². The van der Waals surface area contributed by atoms with Crippen molar-refractivity contribution in [3.05, 3.63) is 47.3 Å². The predicted molar refractivity (Wildman–Crippen MR) is 60.4 cm³/mol. The summed E-state index contributed by atoms with van der Waals surface area (Å²) < 4.78 is 17.1. The van der Waals surface area contributed by atoms with E-state index in [4.69, 9.17) is 4.52 Å². The fourth-order valence-corrected chi connectivity index (χ4v) is 1.39.